The number of benzene rings is 2. The average Bonchev–Trinajstić information content (AvgIpc) is 3.07. The Morgan fingerprint density at radius 2 is 1.48 bits per heavy atom. The predicted octanol–water partition coefficient (Wildman–Crippen LogP) is 1.87. The number of sulfonamides is 1. The first kappa shape index (κ1) is 21.8. The van der Waals surface area contributed by atoms with E-state index < -0.39 is 19.9 Å². The smallest absolute Gasteiger partial charge is 0.244 e. The number of nitrogens with zero attached hydrogens (tertiary/aromatic N) is 1. The van der Waals surface area contributed by atoms with Gasteiger partial charge in [0, 0.05) is 25.3 Å². The van der Waals surface area contributed by atoms with Crippen molar-refractivity contribution >= 4 is 32.3 Å². The SMILES string of the molecule is CS(=O)(=O)c1ccccc1S(=O)(=O)N1C[C@@H](CN)[C@H](c2ccccc2)C1.Cl. The monoisotopic (exact) mass is 430 g/mol. The maximum Gasteiger partial charge on any atom is 0.244 e. The lowest BCUT2D eigenvalue weighted by atomic mass is 9.89. The molecule has 0 aliphatic carbocycles. The summed E-state index contributed by atoms with van der Waals surface area (Å²) in [5.41, 5.74) is 6.93. The van der Waals surface area contributed by atoms with Crippen molar-refractivity contribution in [3.05, 3.63) is 60.2 Å². The van der Waals surface area contributed by atoms with Gasteiger partial charge in [-0.1, -0.05) is 42.5 Å². The maximum atomic E-state index is 13.2. The molecule has 2 atom stereocenters. The van der Waals surface area contributed by atoms with Gasteiger partial charge >= 0.3 is 0 Å². The first-order valence-electron chi connectivity index (χ1n) is 8.29. The number of hydrogen-bond acceptors (Lipinski definition) is 5. The Bertz CT molecular complexity index is 995. The fraction of sp³-hybridized carbons (Fsp3) is 0.333. The van der Waals surface area contributed by atoms with Crippen LogP contribution in [-0.4, -0.2) is 47.0 Å². The van der Waals surface area contributed by atoms with E-state index in [0.717, 1.165) is 11.8 Å². The van der Waals surface area contributed by atoms with E-state index in [1.165, 1.54) is 28.6 Å². The normalized spacial score (nSPS) is 21.0. The Morgan fingerprint density at radius 3 is 2.04 bits per heavy atom. The molecule has 1 aliphatic heterocycles. The predicted molar refractivity (Wildman–Crippen MR) is 107 cm³/mol. The molecule has 148 valence electrons. The minimum atomic E-state index is -3.94. The summed E-state index contributed by atoms with van der Waals surface area (Å²) in [7, 11) is -7.60. The summed E-state index contributed by atoms with van der Waals surface area (Å²) in [5.74, 6) is -0.0288. The lowest BCUT2D eigenvalue weighted by molar-refractivity contribution is 0.457. The van der Waals surface area contributed by atoms with Crippen LogP contribution >= 0.6 is 12.4 Å². The second kappa shape index (κ2) is 8.28. The van der Waals surface area contributed by atoms with Gasteiger partial charge in [-0.3, -0.25) is 0 Å². The molecule has 1 aliphatic rings. The van der Waals surface area contributed by atoms with Gasteiger partial charge in [0.05, 0.1) is 4.90 Å². The molecule has 0 bridgehead atoms. The minimum Gasteiger partial charge on any atom is -0.330 e. The third-order valence-corrected chi connectivity index (χ3v) is 7.98. The molecular weight excluding hydrogens is 408 g/mol. The van der Waals surface area contributed by atoms with Crippen molar-refractivity contribution in [2.24, 2.45) is 11.7 Å². The summed E-state index contributed by atoms with van der Waals surface area (Å²) in [6.07, 6.45) is 1.01. The van der Waals surface area contributed by atoms with Gasteiger partial charge in [0.15, 0.2) is 9.84 Å². The Balaban J connectivity index is 0.00000261. The fourth-order valence-corrected chi connectivity index (χ4v) is 6.58. The van der Waals surface area contributed by atoms with E-state index in [0.29, 0.717) is 6.54 Å². The number of rotatable bonds is 5. The highest BCUT2D eigenvalue weighted by molar-refractivity contribution is 7.93. The molecule has 9 heteroatoms. The van der Waals surface area contributed by atoms with Crippen molar-refractivity contribution in [2.75, 3.05) is 25.9 Å². The van der Waals surface area contributed by atoms with E-state index >= 15 is 0 Å². The van der Waals surface area contributed by atoms with Gasteiger partial charge in [-0.15, -0.1) is 12.4 Å². The first-order chi connectivity index (χ1) is 12.2. The zero-order valence-corrected chi connectivity index (χ0v) is 17.3. The third-order valence-electron chi connectivity index (χ3n) is 4.80. The van der Waals surface area contributed by atoms with Crippen LogP contribution in [0.2, 0.25) is 0 Å². The van der Waals surface area contributed by atoms with E-state index in [2.05, 4.69) is 0 Å². The average molecular weight is 431 g/mol. The Morgan fingerprint density at radius 1 is 0.926 bits per heavy atom. The van der Waals surface area contributed by atoms with Gasteiger partial charge in [-0.25, -0.2) is 16.8 Å². The summed E-state index contributed by atoms with van der Waals surface area (Å²) >= 11 is 0. The van der Waals surface area contributed by atoms with Crippen LogP contribution in [0.25, 0.3) is 0 Å². The Labute approximate surface area is 166 Å². The van der Waals surface area contributed by atoms with Crippen molar-refractivity contribution in [1.82, 2.24) is 4.31 Å². The van der Waals surface area contributed by atoms with Gasteiger partial charge in [0.25, 0.3) is 0 Å². The quantitative estimate of drug-likeness (QED) is 0.780. The molecule has 2 aromatic rings. The van der Waals surface area contributed by atoms with E-state index in [4.69, 9.17) is 5.73 Å². The molecule has 0 unspecified atom stereocenters. The van der Waals surface area contributed by atoms with Gasteiger partial charge in [0.1, 0.15) is 4.90 Å². The lowest BCUT2D eigenvalue weighted by Gasteiger charge is -2.18. The number of nitrogens with two attached hydrogens (primary N) is 1. The maximum absolute atomic E-state index is 13.2. The minimum absolute atomic E-state index is 0. The molecule has 0 saturated carbocycles. The van der Waals surface area contributed by atoms with Crippen molar-refractivity contribution in [2.45, 2.75) is 15.7 Å². The highest BCUT2D eigenvalue weighted by Crippen LogP contribution is 2.36. The van der Waals surface area contributed by atoms with Gasteiger partial charge in [-0.05, 0) is 30.2 Å². The van der Waals surface area contributed by atoms with Crippen molar-refractivity contribution in [1.29, 1.82) is 0 Å². The van der Waals surface area contributed by atoms with Crippen molar-refractivity contribution in [3.63, 3.8) is 0 Å². The largest absolute Gasteiger partial charge is 0.330 e. The third kappa shape index (κ3) is 4.35. The molecule has 0 amide bonds. The summed E-state index contributed by atoms with van der Waals surface area (Å²) in [6, 6.07) is 15.4. The summed E-state index contributed by atoms with van der Waals surface area (Å²) in [6.45, 7) is 0.919. The molecule has 2 N–H and O–H groups in total. The Kier molecular flexibility index (Phi) is 6.70. The zero-order valence-electron chi connectivity index (χ0n) is 14.9. The van der Waals surface area contributed by atoms with Crippen molar-refractivity contribution < 1.29 is 16.8 Å². The van der Waals surface area contributed by atoms with E-state index in [9.17, 15) is 16.8 Å². The molecule has 0 aromatic heterocycles. The lowest BCUT2D eigenvalue weighted by Crippen LogP contribution is -2.31. The number of sulfone groups is 1. The highest BCUT2D eigenvalue weighted by Gasteiger charge is 2.40. The molecule has 0 radical (unpaired) electrons. The molecule has 0 spiro atoms. The zero-order chi connectivity index (χ0) is 18.9. The molecule has 1 heterocycles. The molecule has 1 saturated heterocycles. The molecule has 3 rings (SSSR count). The summed E-state index contributed by atoms with van der Waals surface area (Å²) in [5, 5.41) is 0. The standard InChI is InChI=1S/C18H22N2O4S2.ClH/c1-25(21,22)17-9-5-6-10-18(17)26(23,24)20-12-15(11-19)16(13-20)14-7-3-2-4-8-14;/h2-10,15-16H,11-13,19H2,1H3;1H/t15-,16+;/m1./s1. The molecule has 6 nitrogen and oxygen atoms in total. The van der Waals surface area contributed by atoms with Crippen LogP contribution in [-0.2, 0) is 19.9 Å². The van der Waals surface area contributed by atoms with Crippen LogP contribution in [0.1, 0.15) is 11.5 Å². The number of halogens is 1. The van der Waals surface area contributed by atoms with Crippen LogP contribution in [0, 0.1) is 5.92 Å². The molecule has 27 heavy (non-hydrogen) atoms. The van der Waals surface area contributed by atoms with E-state index in [1.54, 1.807) is 0 Å². The fourth-order valence-electron chi connectivity index (χ4n) is 3.45. The molecule has 2 aromatic carbocycles. The molecule has 1 fully saturated rings. The highest BCUT2D eigenvalue weighted by atomic mass is 35.5. The van der Waals surface area contributed by atoms with Crippen molar-refractivity contribution in [3.8, 4) is 0 Å². The van der Waals surface area contributed by atoms with E-state index in [-0.39, 0.29) is 47.1 Å². The summed E-state index contributed by atoms with van der Waals surface area (Å²) < 4.78 is 51.7. The van der Waals surface area contributed by atoms with Gasteiger partial charge < -0.3 is 5.73 Å². The second-order valence-electron chi connectivity index (χ2n) is 6.55. The topological polar surface area (TPSA) is 97.5 Å². The second-order valence-corrected chi connectivity index (χ2v) is 10.4. The van der Waals surface area contributed by atoms with Gasteiger partial charge in [0.2, 0.25) is 10.0 Å². The Hall–Kier alpha value is -1.45. The summed E-state index contributed by atoms with van der Waals surface area (Å²) in [4.78, 5) is -0.348. The van der Waals surface area contributed by atoms with Crippen LogP contribution < -0.4 is 5.73 Å². The molecular formula is C18H23ClN2O4S2. The van der Waals surface area contributed by atoms with Crippen LogP contribution in [0.15, 0.2) is 64.4 Å². The van der Waals surface area contributed by atoms with Gasteiger partial charge in [-0.2, -0.15) is 4.31 Å². The van der Waals surface area contributed by atoms with Crippen LogP contribution in [0.3, 0.4) is 0 Å². The van der Waals surface area contributed by atoms with Crippen LogP contribution in [0.4, 0.5) is 0 Å². The first-order valence-corrected chi connectivity index (χ1v) is 11.6. The van der Waals surface area contributed by atoms with Crippen LogP contribution in [0.5, 0.6) is 0 Å². The van der Waals surface area contributed by atoms with E-state index in [1.807, 2.05) is 30.3 Å². The number of hydrogen-bond donors (Lipinski definition) is 1.